The molecule has 0 heterocycles. The lowest BCUT2D eigenvalue weighted by Crippen LogP contribution is -2.42. The fraction of sp³-hybridized carbons (Fsp3) is 0.381. The number of benzene rings is 2. The number of urea groups is 1. The lowest BCUT2D eigenvalue weighted by atomic mass is 9.85. The molecule has 2 aromatic rings. The Morgan fingerprint density at radius 3 is 2.44 bits per heavy atom. The third-order valence-electron chi connectivity index (χ3n) is 4.88. The molecule has 0 aromatic heterocycles. The molecule has 132 valence electrons. The monoisotopic (exact) mass is 337 g/mol. The second-order valence-corrected chi connectivity index (χ2v) is 6.85. The fourth-order valence-electron chi connectivity index (χ4n) is 3.17. The van der Waals surface area contributed by atoms with Crippen LogP contribution in [0.4, 0.5) is 4.79 Å². The average Bonchev–Trinajstić information content (AvgIpc) is 2.62. The predicted octanol–water partition coefficient (Wildman–Crippen LogP) is 3.66. The van der Waals surface area contributed by atoms with Crippen molar-refractivity contribution in [2.24, 2.45) is 11.7 Å². The largest absolute Gasteiger partial charge is 0.334 e. The quantitative estimate of drug-likeness (QED) is 0.810. The summed E-state index contributed by atoms with van der Waals surface area (Å²) >= 11 is 0. The van der Waals surface area contributed by atoms with Crippen molar-refractivity contribution in [2.45, 2.75) is 38.9 Å². The molecule has 3 rings (SSSR count). The van der Waals surface area contributed by atoms with Crippen LogP contribution in [0.15, 0.2) is 54.6 Å². The van der Waals surface area contributed by atoms with Crippen molar-refractivity contribution in [2.75, 3.05) is 6.54 Å². The molecule has 1 aliphatic rings. The fourth-order valence-corrected chi connectivity index (χ4v) is 3.17. The molecule has 0 bridgehead atoms. The third kappa shape index (κ3) is 5.07. The Balaban J connectivity index is 1.61. The Kier molecular flexibility index (Phi) is 6.07. The van der Waals surface area contributed by atoms with Gasteiger partial charge in [-0.2, -0.15) is 0 Å². The molecule has 0 atom stereocenters. The summed E-state index contributed by atoms with van der Waals surface area (Å²) in [4.78, 5) is 14.7. The summed E-state index contributed by atoms with van der Waals surface area (Å²) in [6.45, 7) is 2.54. The maximum Gasteiger partial charge on any atom is 0.317 e. The number of nitrogens with two attached hydrogens (primary N) is 1. The van der Waals surface area contributed by atoms with E-state index in [1.807, 2.05) is 47.4 Å². The maximum absolute atomic E-state index is 12.7. The molecule has 0 aliphatic heterocycles. The second-order valence-electron chi connectivity index (χ2n) is 6.85. The Morgan fingerprint density at radius 2 is 1.76 bits per heavy atom. The number of hydrogen-bond acceptors (Lipinski definition) is 2. The van der Waals surface area contributed by atoms with Gasteiger partial charge in [-0.1, -0.05) is 61.0 Å². The van der Waals surface area contributed by atoms with Gasteiger partial charge in [0.05, 0.1) is 0 Å². The van der Waals surface area contributed by atoms with E-state index in [9.17, 15) is 4.79 Å². The van der Waals surface area contributed by atoms with Crippen molar-refractivity contribution in [3.8, 4) is 0 Å². The molecule has 2 amide bonds. The SMILES string of the molecule is NCc1cccc(CNC(=O)N(Cc2ccccc2)CC2CCC2)c1. The minimum absolute atomic E-state index is 0.00824. The highest BCUT2D eigenvalue weighted by Crippen LogP contribution is 2.27. The molecule has 2 aromatic carbocycles. The number of nitrogens with one attached hydrogen (secondary N) is 1. The van der Waals surface area contributed by atoms with Crippen LogP contribution >= 0.6 is 0 Å². The van der Waals surface area contributed by atoms with Crippen molar-refractivity contribution in [1.29, 1.82) is 0 Å². The van der Waals surface area contributed by atoms with Gasteiger partial charge >= 0.3 is 6.03 Å². The van der Waals surface area contributed by atoms with Gasteiger partial charge in [0.1, 0.15) is 0 Å². The molecule has 1 fully saturated rings. The van der Waals surface area contributed by atoms with E-state index in [4.69, 9.17) is 5.73 Å². The Bertz CT molecular complexity index is 683. The first-order valence-corrected chi connectivity index (χ1v) is 9.09. The minimum atomic E-state index is 0.00824. The molecule has 1 saturated carbocycles. The van der Waals surface area contributed by atoms with E-state index >= 15 is 0 Å². The van der Waals surface area contributed by atoms with Gasteiger partial charge in [-0.3, -0.25) is 0 Å². The zero-order valence-electron chi connectivity index (χ0n) is 14.7. The number of hydrogen-bond donors (Lipinski definition) is 2. The summed E-state index contributed by atoms with van der Waals surface area (Å²) in [5.41, 5.74) is 9.03. The molecule has 25 heavy (non-hydrogen) atoms. The van der Waals surface area contributed by atoms with Crippen LogP contribution in [-0.4, -0.2) is 17.5 Å². The Morgan fingerprint density at radius 1 is 1.04 bits per heavy atom. The van der Waals surface area contributed by atoms with Crippen LogP contribution in [0.2, 0.25) is 0 Å². The first kappa shape index (κ1) is 17.5. The first-order chi connectivity index (χ1) is 12.2. The van der Waals surface area contributed by atoms with E-state index in [1.54, 1.807) is 0 Å². The molecule has 3 N–H and O–H groups in total. The zero-order chi connectivity index (χ0) is 17.5. The van der Waals surface area contributed by atoms with Crippen molar-refractivity contribution < 1.29 is 4.79 Å². The lowest BCUT2D eigenvalue weighted by Gasteiger charge is -2.32. The van der Waals surface area contributed by atoms with Crippen LogP contribution in [0.25, 0.3) is 0 Å². The van der Waals surface area contributed by atoms with Crippen LogP contribution < -0.4 is 11.1 Å². The maximum atomic E-state index is 12.7. The third-order valence-corrected chi connectivity index (χ3v) is 4.88. The molecule has 0 unspecified atom stereocenters. The molecule has 0 spiro atoms. The average molecular weight is 337 g/mol. The molecule has 0 saturated heterocycles. The molecular formula is C21H27N3O. The van der Waals surface area contributed by atoms with Gasteiger partial charge in [-0.15, -0.1) is 0 Å². The summed E-state index contributed by atoms with van der Waals surface area (Å²) < 4.78 is 0. The van der Waals surface area contributed by atoms with E-state index in [1.165, 1.54) is 24.8 Å². The van der Waals surface area contributed by atoms with Crippen molar-refractivity contribution in [3.63, 3.8) is 0 Å². The highest BCUT2D eigenvalue weighted by Gasteiger charge is 2.23. The van der Waals surface area contributed by atoms with Crippen LogP contribution in [0.5, 0.6) is 0 Å². The molecule has 4 nitrogen and oxygen atoms in total. The van der Waals surface area contributed by atoms with E-state index in [-0.39, 0.29) is 6.03 Å². The van der Waals surface area contributed by atoms with Gasteiger partial charge in [0, 0.05) is 26.2 Å². The highest BCUT2D eigenvalue weighted by molar-refractivity contribution is 5.74. The Hall–Kier alpha value is -2.33. The van der Waals surface area contributed by atoms with Crippen LogP contribution in [0, 0.1) is 5.92 Å². The van der Waals surface area contributed by atoms with Crippen molar-refractivity contribution in [3.05, 3.63) is 71.3 Å². The number of carbonyl (C=O) groups is 1. The van der Waals surface area contributed by atoms with Crippen LogP contribution in [0.1, 0.15) is 36.0 Å². The lowest BCUT2D eigenvalue weighted by molar-refractivity contribution is 0.164. The summed E-state index contributed by atoms with van der Waals surface area (Å²) in [5.74, 6) is 0.648. The van der Waals surface area contributed by atoms with Gasteiger partial charge in [-0.25, -0.2) is 4.79 Å². The summed E-state index contributed by atoms with van der Waals surface area (Å²) in [7, 11) is 0. The number of amides is 2. The van der Waals surface area contributed by atoms with Gasteiger partial charge in [0.2, 0.25) is 0 Å². The van der Waals surface area contributed by atoms with Crippen molar-refractivity contribution in [1.82, 2.24) is 10.2 Å². The van der Waals surface area contributed by atoms with Crippen LogP contribution in [-0.2, 0) is 19.6 Å². The molecule has 1 aliphatic carbocycles. The normalized spacial score (nSPS) is 14.0. The molecular weight excluding hydrogens is 310 g/mol. The summed E-state index contributed by atoms with van der Waals surface area (Å²) in [6, 6.07) is 18.3. The van der Waals surface area contributed by atoms with Gasteiger partial charge in [0.15, 0.2) is 0 Å². The summed E-state index contributed by atoms with van der Waals surface area (Å²) in [5, 5.41) is 3.07. The zero-order valence-corrected chi connectivity index (χ0v) is 14.7. The van der Waals surface area contributed by atoms with Gasteiger partial charge in [-0.05, 0) is 35.4 Å². The van der Waals surface area contributed by atoms with Gasteiger partial charge in [0.25, 0.3) is 0 Å². The van der Waals surface area contributed by atoms with Gasteiger partial charge < -0.3 is 16.0 Å². The number of rotatable bonds is 7. The van der Waals surface area contributed by atoms with E-state index in [0.29, 0.717) is 25.6 Å². The molecule has 0 radical (unpaired) electrons. The highest BCUT2D eigenvalue weighted by atomic mass is 16.2. The first-order valence-electron chi connectivity index (χ1n) is 9.09. The second kappa shape index (κ2) is 8.67. The van der Waals surface area contributed by atoms with E-state index in [0.717, 1.165) is 17.7 Å². The topological polar surface area (TPSA) is 58.4 Å². The standard InChI is InChI=1S/C21H27N3O/c22-13-19-10-5-11-20(12-19)14-23-21(25)24(16-18-8-4-9-18)15-17-6-2-1-3-7-17/h1-3,5-7,10-12,18H,4,8-9,13-16,22H2,(H,23,25). The van der Waals surface area contributed by atoms with E-state index < -0.39 is 0 Å². The minimum Gasteiger partial charge on any atom is -0.334 e. The number of carbonyl (C=O) groups excluding carboxylic acids is 1. The van der Waals surface area contributed by atoms with E-state index in [2.05, 4.69) is 17.4 Å². The number of nitrogens with zero attached hydrogens (tertiary/aromatic N) is 1. The Labute approximate surface area is 150 Å². The van der Waals surface area contributed by atoms with Crippen molar-refractivity contribution >= 4 is 6.03 Å². The van der Waals surface area contributed by atoms with Crippen LogP contribution in [0.3, 0.4) is 0 Å². The predicted molar refractivity (Wildman–Crippen MR) is 101 cm³/mol. The smallest absolute Gasteiger partial charge is 0.317 e. The molecule has 4 heteroatoms. The summed E-state index contributed by atoms with van der Waals surface area (Å²) in [6.07, 6.45) is 3.76.